The minimum absolute atomic E-state index is 0.112. The van der Waals surface area contributed by atoms with E-state index in [2.05, 4.69) is 15.6 Å². The molecule has 0 atom stereocenters. The molecule has 0 aliphatic rings. The van der Waals surface area contributed by atoms with E-state index in [-0.39, 0.29) is 18.5 Å². The summed E-state index contributed by atoms with van der Waals surface area (Å²) in [7, 11) is 0. The Morgan fingerprint density at radius 2 is 2.27 bits per heavy atom. The Bertz CT molecular complexity index is 324. The van der Waals surface area contributed by atoms with E-state index in [0.717, 1.165) is 0 Å². The van der Waals surface area contributed by atoms with Crippen LogP contribution in [0.4, 0.5) is 5.82 Å². The van der Waals surface area contributed by atoms with Gasteiger partial charge in [-0.3, -0.25) is 4.79 Å². The molecule has 0 saturated heterocycles. The van der Waals surface area contributed by atoms with E-state index in [4.69, 9.17) is 11.6 Å². The first-order valence-electron chi connectivity index (χ1n) is 4.72. The summed E-state index contributed by atoms with van der Waals surface area (Å²) in [6.07, 6.45) is 1.49. The van der Waals surface area contributed by atoms with Crippen LogP contribution >= 0.6 is 11.6 Å². The molecule has 82 valence electrons. The largest absolute Gasteiger partial charge is 0.310 e. The lowest BCUT2D eigenvalue weighted by Gasteiger charge is -2.08. The average Bonchev–Trinajstić information content (AvgIpc) is 2.19. The molecule has 0 radical (unpaired) electrons. The maximum Gasteiger partial charge on any atom is 0.239 e. The van der Waals surface area contributed by atoms with Gasteiger partial charge in [-0.05, 0) is 12.1 Å². The molecule has 0 spiro atoms. The standard InChI is InChI=1S/C10H14ClN3O/c1-7(2)12-6-10(15)14-9-4-3-8(11)5-13-9/h3-5,7,12H,6H2,1-2H3,(H,13,14,15). The third-order valence-corrected chi connectivity index (χ3v) is 1.89. The molecule has 1 amide bonds. The molecule has 0 fully saturated rings. The van der Waals surface area contributed by atoms with Gasteiger partial charge < -0.3 is 10.6 Å². The molecular formula is C10H14ClN3O. The lowest BCUT2D eigenvalue weighted by molar-refractivity contribution is -0.115. The van der Waals surface area contributed by atoms with Crippen molar-refractivity contribution in [2.75, 3.05) is 11.9 Å². The fraction of sp³-hybridized carbons (Fsp3) is 0.400. The normalized spacial score (nSPS) is 10.4. The molecule has 0 unspecified atom stereocenters. The van der Waals surface area contributed by atoms with Gasteiger partial charge >= 0.3 is 0 Å². The van der Waals surface area contributed by atoms with Crippen molar-refractivity contribution < 1.29 is 4.79 Å². The average molecular weight is 228 g/mol. The molecule has 1 aromatic rings. The van der Waals surface area contributed by atoms with Gasteiger partial charge in [-0.2, -0.15) is 0 Å². The lowest BCUT2D eigenvalue weighted by atomic mass is 10.4. The van der Waals surface area contributed by atoms with E-state index in [1.165, 1.54) is 6.20 Å². The number of pyridine rings is 1. The van der Waals surface area contributed by atoms with Crippen molar-refractivity contribution in [3.63, 3.8) is 0 Å². The Morgan fingerprint density at radius 1 is 1.53 bits per heavy atom. The number of nitrogens with zero attached hydrogens (tertiary/aromatic N) is 1. The summed E-state index contributed by atoms with van der Waals surface area (Å²) in [5, 5.41) is 6.21. The van der Waals surface area contributed by atoms with Crippen LogP contribution in [-0.2, 0) is 4.79 Å². The van der Waals surface area contributed by atoms with Gasteiger partial charge in [0.1, 0.15) is 5.82 Å². The van der Waals surface area contributed by atoms with Crippen molar-refractivity contribution in [3.05, 3.63) is 23.4 Å². The van der Waals surface area contributed by atoms with E-state index in [9.17, 15) is 4.79 Å². The molecule has 0 aliphatic heterocycles. The third-order valence-electron chi connectivity index (χ3n) is 1.67. The van der Waals surface area contributed by atoms with Crippen molar-refractivity contribution in [1.82, 2.24) is 10.3 Å². The second-order valence-electron chi connectivity index (χ2n) is 3.45. The van der Waals surface area contributed by atoms with Crippen LogP contribution in [0.3, 0.4) is 0 Å². The van der Waals surface area contributed by atoms with E-state index in [1.807, 2.05) is 13.8 Å². The fourth-order valence-electron chi connectivity index (χ4n) is 0.934. The van der Waals surface area contributed by atoms with Crippen LogP contribution in [0.15, 0.2) is 18.3 Å². The van der Waals surface area contributed by atoms with Gasteiger partial charge in [0, 0.05) is 12.2 Å². The van der Waals surface area contributed by atoms with Crippen molar-refractivity contribution in [3.8, 4) is 0 Å². The van der Waals surface area contributed by atoms with Crippen LogP contribution in [0, 0.1) is 0 Å². The van der Waals surface area contributed by atoms with Crippen LogP contribution < -0.4 is 10.6 Å². The molecule has 0 aromatic carbocycles. The zero-order valence-corrected chi connectivity index (χ0v) is 9.51. The molecule has 1 rings (SSSR count). The summed E-state index contributed by atoms with van der Waals surface area (Å²) in [5.41, 5.74) is 0. The predicted octanol–water partition coefficient (Wildman–Crippen LogP) is 1.67. The van der Waals surface area contributed by atoms with Gasteiger partial charge in [-0.25, -0.2) is 4.98 Å². The smallest absolute Gasteiger partial charge is 0.239 e. The highest BCUT2D eigenvalue weighted by atomic mass is 35.5. The van der Waals surface area contributed by atoms with Crippen LogP contribution in [0.5, 0.6) is 0 Å². The molecule has 2 N–H and O–H groups in total. The number of carbonyl (C=O) groups is 1. The topological polar surface area (TPSA) is 54.0 Å². The fourth-order valence-corrected chi connectivity index (χ4v) is 1.05. The first-order valence-corrected chi connectivity index (χ1v) is 5.10. The Kier molecular flexibility index (Phi) is 4.52. The maximum atomic E-state index is 11.4. The number of aromatic nitrogens is 1. The third kappa shape index (κ3) is 4.76. The van der Waals surface area contributed by atoms with Gasteiger partial charge in [-0.1, -0.05) is 25.4 Å². The quantitative estimate of drug-likeness (QED) is 0.823. The summed E-state index contributed by atoms with van der Waals surface area (Å²) < 4.78 is 0. The summed E-state index contributed by atoms with van der Waals surface area (Å²) in [4.78, 5) is 15.3. The molecule has 0 saturated carbocycles. The summed E-state index contributed by atoms with van der Waals surface area (Å²) in [5.74, 6) is 0.397. The van der Waals surface area contributed by atoms with Gasteiger partial charge in [0.25, 0.3) is 0 Å². The van der Waals surface area contributed by atoms with Crippen LogP contribution in [-0.4, -0.2) is 23.5 Å². The molecule has 5 heteroatoms. The second kappa shape index (κ2) is 5.68. The zero-order valence-electron chi connectivity index (χ0n) is 8.75. The van der Waals surface area contributed by atoms with Gasteiger partial charge in [0.05, 0.1) is 11.6 Å². The number of anilines is 1. The summed E-state index contributed by atoms with van der Waals surface area (Å²) in [6.45, 7) is 4.24. The Hall–Kier alpha value is -1.13. The minimum Gasteiger partial charge on any atom is -0.310 e. The van der Waals surface area contributed by atoms with Crippen LogP contribution in [0.2, 0.25) is 5.02 Å². The number of rotatable bonds is 4. The van der Waals surface area contributed by atoms with Crippen molar-refractivity contribution >= 4 is 23.3 Å². The summed E-state index contributed by atoms with van der Waals surface area (Å²) in [6, 6.07) is 3.63. The van der Waals surface area contributed by atoms with Gasteiger partial charge in [0.2, 0.25) is 5.91 Å². The maximum absolute atomic E-state index is 11.4. The Labute approximate surface area is 94.0 Å². The first-order chi connectivity index (χ1) is 7.08. The second-order valence-corrected chi connectivity index (χ2v) is 3.88. The van der Waals surface area contributed by atoms with E-state index in [1.54, 1.807) is 12.1 Å². The number of amides is 1. The first kappa shape index (κ1) is 11.9. The number of hydrogen-bond acceptors (Lipinski definition) is 3. The van der Waals surface area contributed by atoms with E-state index in [0.29, 0.717) is 10.8 Å². The van der Waals surface area contributed by atoms with Crippen molar-refractivity contribution in [2.24, 2.45) is 0 Å². The van der Waals surface area contributed by atoms with Crippen molar-refractivity contribution in [1.29, 1.82) is 0 Å². The zero-order chi connectivity index (χ0) is 11.3. The van der Waals surface area contributed by atoms with Crippen LogP contribution in [0.25, 0.3) is 0 Å². The molecule has 0 aliphatic carbocycles. The minimum atomic E-state index is -0.112. The highest BCUT2D eigenvalue weighted by Gasteiger charge is 2.03. The number of hydrogen-bond donors (Lipinski definition) is 2. The highest BCUT2D eigenvalue weighted by Crippen LogP contribution is 2.08. The molecule has 0 bridgehead atoms. The van der Waals surface area contributed by atoms with Gasteiger partial charge in [-0.15, -0.1) is 0 Å². The van der Waals surface area contributed by atoms with E-state index < -0.39 is 0 Å². The predicted molar refractivity (Wildman–Crippen MR) is 61.0 cm³/mol. The lowest BCUT2D eigenvalue weighted by Crippen LogP contribution is -2.32. The van der Waals surface area contributed by atoms with Crippen molar-refractivity contribution in [2.45, 2.75) is 19.9 Å². The SMILES string of the molecule is CC(C)NCC(=O)Nc1ccc(Cl)cn1. The van der Waals surface area contributed by atoms with Crippen LogP contribution in [0.1, 0.15) is 13.8 Å². The molecular weight excluding hydrogens is 214 g/mol. The molecule has 1 heterocycles. The molecule has 4 nitrogen and oxygen atoms in total. The number of nitrogens with one attached hydrogen (secondary N) is 2. The molecule has 1 aromatic heterocycles. The molecule has 15 heavy (non-hydrogen) atoms. The van der Waals surface area contributed by atoms with Gasteiger partial charge in [0.15, 0.2) is 0 Å². The van der Waals surface area contributed by atoms with E-state index >= 15 is 0 Å². The number of halogens is 1. The monoisotopic (exact) mass is 227 g/mol. The highest BCUT2D eigenvalue weighted by molar-refractivity contribution is 6.30. The Balaban J connectivity index is 2.41. The Morgan fingerprint density at radius 3 is 2.80 bits per heavy atom. The summed E-state index contributed by atoms with van der Waals surface area (Å²) >= 11 is 5.66. The number of carbonyl (C=O) groups excluding carboxylic acids is 1.